The number of nitrogens with zero attached hydrogens (tertiary/aromatic N) is 1. The maximum atomic E-state index is 2.58. The number of unbranched alkanes of at least 4 members (excludes halogenated alkanes) is 18. The summed E-state index contributed by atoms with van der Waals surface area (Å²) in [6, 6.07) is 0. The zero-order chi connectivity index (χ0) is 31.3. The van der Waals surface area contributed by atoms with Crippen LogP contribution in [-0.4, -0.2) is 25.5 Å². The van der Waals surface area contributed by atoms with Gasteiger partial charge in [-0.25, -0.2) is 0 Å². The van der Waals surface area contributed by atoms with Crippen LogP contribution in [0.1, 0.15) is 187 Å². The van der Waals surface area contributed by atoms with Gasteiger partial charge < -0.3 is 4.90 Å². The van der Waals surface area contributed by atoms with E-state index in [1.807, 2.05) is 0 Å². The highest BCUT2D eigenvalue weighted by Gasteiger charge is 2.01. The van der Waals surface area contributed by atoms with Crippen molar-refractivity contribution in [2.75, 3.05) is 20.6 Å². The Kier molecular flexibility index (Phi) is 35.7. The standard InChI is InChI=1S/C42H77N/c1-5-7-9-11-13-15-17-19-21-23-25-27-29-31-33-35-38-42(40-37-41-43(3)4)39-36-34-32-30-28-26-24-22-20-18-16-14-12-10-8-6-2/h13-16,19-22,40H,5-12,17-18,23-39,41H2,1-4H3/b15-13-,16-14-,21-19-,22-20-. The molecule has 0 radical (unpaired) electrons. The predicted octanol–water partition coefficient (Wildman–Crippen LogP) is 14.3. The monoisotopic (exact) mass is 596 g/mol. The average Bonchev–Trinajstić information content (AvgIpc) is 3.00. The molecule has 250 valence electrons. The molecule has 0 rings (SSSR count). The Labute approximate surface area is 272 Å². The molecule has 0 amide bonds. The van der Waals surface area contributed by atoms with Crippen molar-refractivity contribution in [1.82, 2.24) is 4.90 Å². The van der Waals surface area contributed by atoms with E-state index >= 15 is 0 Å². The van der Waals surface area contributed by atoms with E-state index < -0.39 is 0 Å². The van der Waals surface area contributed by atoms with Gasteiger partial charge in [0.1, 0.15) is 0 Å². The van der Waals surface area contributed by atoms with E-state index in [0.717, 1.165) is 12.8 Å². The molecule has 0 bridgehead atoms. The lowest BCUT2D eigenvalue weighted by Gasteiger charge is -2.11. The van der Waals surface area contributed by atoms with Crippen molar-refractivity contribution in [3.63, 3.8) is 0 Å². The summed E-state index contributed by atoms with van der Waals surface area (Å²) in [6.07, 6.45) is 57.5. The Bertz CT molecular complexity index is 627. The van der Waals surface area contributed by atoms with Gasteiger partial charge in [-0.2, -0.15) is 0 Å². The molecule has 0 aliphatic heterocycles. The van der Waals surface area contributed by atoms with Crippen molar-refractivity contribution in [3.05, 3.63) is 60.3 Å². The summed E-state index contributed by atoms with van der Waals surface area (Å²) in [6.45, 7) is 5.72. The molecule has 0 atom stereocenters. The van der Waals surface area contributed by atoms with Crippen molar-refractivity contribution >= 4 is 0 Å². The smallest absolute Gasteiger partial charge is 0.000990 e. The van der Waals surface area contributed by atoms with Crippen LogP contribution in [0.25, 0.3) is 0 Å². The average molecular weight is 596 g/mol. The second-order valence-corrected chi connectivity index (χ2v) is 13.1. The number of rotatable bonds is 33. The molecule has 0 spiro atoms. The highest BCUT2D eigenvalue weighted by atomic mass is 15.0. The third kappa shape index (κ3) is 36.8. The van der Waals surface area contributed by atoms with Crippen molar-refractivity contribution in [3.8, 4) is 0 Å². The van der Waals surface area contributed by atoms with Gasteiger partial charge in [-0.3, -0.25) is 0 Å². The molecule has 43 heavy (non-hydrogen) atoms. The number of allylic oxidation sites excluding steroid dienone is 9. The highest BCUT2D eigenvalue weighted by molar-refractivity contribution is 5.02. The zero-order valence-corrected chi connectivity index (χ0v) is 29.9. The first kappa shape index (κ1) is 41.7. The number of hydrogen-bond acceptors (Lipinski definition) is 1. The van der Waals surface area contributed by atoms with E-state index in [1.165, 1.54) is 167 Å². The molecule has 0 saturated carbocycles. The van der Waals surface area contributed by atoms with Gasteiger partial charge in [0.05, 0.1) is 0 Å². The third-order valence-corrected chi connectivity index (χ3v) is 8.41. The molecule has 1 nitrogen and oxygen atoms in total. The lowest BCUT2D eigenvalue weighted by atomic mass is 9.98. The second kappa shape index (κ2) is 36.8. The minimum absolute atomic E-state index is 1.12. The molecule has 0 heterocycles. The summed E-state index contributed by atoms with van der Waals surface area (Å²) >= 11 is 0. The van der Waals surface area contributed by atoms with Crippen LogP contribution >= 0.6 is 0 Å². The number of hydrogen-bond donors (Lipinski definition) is 0. The van der Waals surface area contributed by atoms with E-state index in [9.17, 15) is 0 Å². The van der Waals surface area contributed by atoms with Gasteiger partial charge in [0, 0.05) is 6.54 Å². The molecule has 0 fully saturated rings. The minimum atomic E-state index is 1.12. The Morgan fingerprint density at radius 2 is 0.744 bits per heavy atom. The fourth-order valence-corrected chi connectivity index (χ4v) is 5.54. The summed E-state index contributed by atoms with van der Waals surface area (Å²) in [5.41, 5.74) is 1.75. The van der Waals surface area contributed by atoms with Gasteiger partial charge >= 0.3 is 0 Å². The summed E-state index contributed by atoms with van der Waals surface area (Å²) in [7, 11) is 4.39. The fraction of sp³-hybridized carbons (Fsp3) is 0.762. The Morgan fingerprint density at radius 1 is 0.395 bits per heavy atom. The van der Waals surface area contributed by atoms with E-state index in [2.05, 4.69) is 87.5 Å². The summed E-state index contributed by atoms with van der Waals surface area (Å²) in [5.74, 6) is 0. The zero-order valence-electron chi connectivity index (χ0n) is 29.9. The fourth-order valence-electron chi connectivity index (χ4n) is 5.54. The topological polar surface area (TPSA) is 3.24 Å². The van der Waals surface area contributed by atoms with Gasteiger partial charge in [0.15, 0.2) is 0 Å². The summed E-state index contributed by atoms with van der Waals surface area (Å²) in [4.78, 5) is 2.31. The lowest BCUT2D eigenvalue weighted by Crippen LogP contribution is -2.12. The van der Waals surface area contributed by atoms with E-state index in [4.69, 9.17) is 0 Å². The van der Waals surface area contributed by atoms with Gasteiger partial charge in [-0.15, -0.1) is 0 Å². The van der Waals surface area contributed by atoms with Crippen LogP contribution in [0.4, 0.5) is 0 Å². The Hall–Kier alpha value is -1.34. The van der Waals surface area contributed by atoms with E-state index in [0.29, 0.717) is 0 Å². The molecule has 0 unspecified atom stereocenters. The second-order valence-electron chi connectivity index (χ2n) is 13.1. The van der Waals surface area contributed by atoms with Gasteiger partial charge in [0.2, 0.25) is 0 Å². The first-order valence-electron chi connectivity index (χ1n) is 19.1. The van der Waals surface area contributed by atoms with Crippen molar-refractivity contribution in [2.45, 2.75) is 187 Å². The van der Waals surface area contributed by atoms with Crippen molar-refractivity contribution in [1.29, 1.82) is 0 Å². The lowest BCUT2D eigenvalue weighted by molar-refractivity contribution is 0.416. The maximum absolute atomic E-state index is 2.58. The van der Waals surface area contributed by atoms with Crippen molar-refractivity contribution in [2.24, 2.45) is 0 Å². The molecular formula is C42H77N. The summed E-state index contributed by atoms with van der Waals surface area (Å²) < 4.78 is 0. The predicted molar refractivity (Wildman–Crippen MR) is 199 cm³/mol. The van der Waals surface area contributed by atoms with Crippen LogP contribution in [0.5, 0.6) is 0 Å². The van der Waals surface area contributed by atoms with E-state index in [1.54, 1.807) is 5.57 Å². The largest absolute Gasteiger partial charge is 0.309 e. The molecule has 0 N–H and O–H groups in total. The Balaban J connectivity index is 3.82. The first-order chi connectivity index (χ1) is 21.2. The molecule has 0 aliphatic carbocycles. The van der Waals surface area contributed by atoms with Gasteiger partial charge in [-0.1, -0.05) is 151 Å². The maximum Gasteiger partial charge on any atom is 0.000990 e. The normalized spacial score (nSPS) is 12.3. The van der Waals surface area contributed by atoms with E-state index in [-0.39, 0.29) is 0 Å². The molecule has 0 aromatic heterocycles. The molecular weight excluding hydrogens is 518 g/mol. The Morgan fingerprint density at radius 3 is 1.12 bits per heavy atom. The quantitative estimate of drug-likeness (QED) is 0.0539. The van der Waals surface area contributed by atoms with Crippen LogP contribution in [0.3, 0.4) is 0 Å². The summed E-state index contributed by atoms with van der Waals surface area (Å²) in [5, 5.41) is 0. The minimum Gasteiger partial charge on any atom is -0.309 e. The highest BCUT2D eigenvalue weighted by Crippen LogP contribution is 2.19. The van der Waals surface area contributed by atoms with Crippen LogP contribution in [0.2, 0.25) is 0 Å². The SMILES string of the molecule is CCCCC/C=C\C/C=C\CCCCCCCCC(=CCCN(C)C)CCCCCCCC/C=C\C/C=C\CCCCC. The van der Waals surface area contributed by atoms with Gasteiger partial charge in [-0.05, 0) is 110 Å². The van der Waals surface area contributed by atoms with Gasteiger partial charge in [0.25, 0.3) is 0 Å². The molecule has 0 aromatic rings. The van der Waals surface area contributed by atoms with Crippen molar-refractivity contribution < 1.29 is 0 Å². The molecule has 1 heteroatoms. The van der Waals surface area contributed by atoms with Crippen LogP contribution in [-0.2, 0) is 0 Å². The molecule has 0 aliphatic rings. The van der Waals surface area contributed by atoms with Crippen LogP contribution in [0.15, 0.2) is 60.3 Å². The molecule has 0 aromatic carbocycles. The van der Waals surface area contributed by atoms with Crippen LogP contribution < -0.4 is 0 Å². The van der Waals surface area contributed by atoms with Crippen LogP contribution in [0, 0.1) is 0 Å². The molecule has 0 saturated heterocycles. The first-order valence-corrected chi connectivity index (χ1v) is 19.1. The third-order valence-electron chi connectivity index (χ3n) is 8.41.